The number of benzene rings is 1. The highest BCUT2D eigenvalue weighted by Crippen LogP contribution is 2.33. The van der Waals surface area contributed by atoms with E-state index in [1.807, 2.05) is 11.8 Å². The maximum atomic E-state index is 14.0. The first-order valence-corrected chi connectivity index (χ1v) is 10.9. The van der Waals surface area contributed by atoms with Crippen molar-refractivity contribution in [1.82, 2.24) is 25.1 Å². The third-order valence-corrected chi connectivity index (χ3v) is 5.88. The molecular weight excluding hydrogens is 446 g/mol. The summed E-state index contributed by atoms with van der Waals surface area (Å²) in [6.45, 7) is 4.46. The molecule has 3 N–H and O–H groups in total. The summed E-state index contributed by atoms with van der Waals surface area (Å²) in [5, 5.41) is 13.6. The van der Waals surface area contributed by atoms with Gasteiger partial charge in [0.15, 0.2) is 23.2 Å². The van der Waals surface area contributed by atoms with Gasteiger partial charge in [0.25, 0.3) is 0 Å². The molecule has 2 aromatic heterocycles. The predicted octanol–water partition coefficient (Wildman–Crippen LogP) is 1.66. The van der Waals surface area contributed by atoms with Crippen LogP contribution < -0.4 is 25.6 Å². The number of anilines is 3. The second-order valence-electron chi connectivity index (χ2n) is 8.23. The Bertz CT molecular complexity index is 1220. The number of piperazine rings is 1. The number of fused-ring (bicyclic) bond motifs is 3. The summed E-state index contributed by atoms with van der Waals surface area (Å²) in [7, 11) is 1.22. The Morgan fingerprint density at radius 1 is 1.24 bits per heavy atom. The van der Waals surface area contributed by atoms with Gasteiger partial charge in [-0.1, -0.05) is 0 Å². The van der Waals surface area contributed by atoms with Crippen LogP contribution in [0.3, 0.4) is 0 Å². The molecule has 1 aromatic carbocycles. The molecule has 1 fully saturated rings. The van der Waals surface area contributed by atoms with E-state index >= 15 is 0 Å². The molecule has 34 heavy (non-hydrogen) atoms. The van der Waals surface area contributed by atoms with Gasteiger partial charge in [0.2, 0.25) is 11.9 Å². The minimum absolute atomic E-state index is 0.0591. The number of ether oxygens (including phenoxy) is 1. The Balaban J connectivity index is 1.29. The number of nitrogens with one attached hydrogen (secondary N) is 3. The molecule has 12 heteroatoms. The monoisotopic (exact) mass is 470 g/mol. The zero-order valence-electron chi connectivity index (χ0n) is 18.7. The van der Waals surface area contributed by atoms with Crippen molar-refractivity contribution in [3.8, 4) is 5.75 Å². The predicted molar refractivity (Wildman–Crippen MR) is 121 cm³/mol. The molecule has 178 valence electrons. The summed E-state index contributed by atoms with van der Waals surface area (Å²) in [4.78, 5) is 23.6. The number of aryl methyl sites for hydroxylation is 1. The zero-order chi connectivity index (χ0) is 23.8. The van der Waals surface area contributed by atoms with E-state index < -0.39 is 17.4 Å². The molecule has 0 unspecified atom stereocenters. The van der Waals surface area contributed by atoms with Crippen molar-refractivity contribution in [3.05, 3.63) is 53.0 Å². The molecule has 1 amide bonds. The van der Waals surface area contributed by atoms with Gasteiger partial charge in [0.05, 0.1) is 25.5 Å². The standard InChI is InChI=1S/C22H24F2N8O2/c1-12-18-20(32-4-3-25-9-17(32)21(33)29-18)30-22(28-12)26-7-14-8-27-31(11-14)10-13-5-15(23)19(34-2)16(24)6-13/h5-6,8,11,17,25H,3-4,7,9-10H2,1-2H3,(H,29,33)(H,26,28,30)/t17-/m0/s1. The van der Waals surface area contributed by atoms with Crippen molar-refractivity contribution < 1.29 is 18.3 Å². The van der Waals surface area contributed by atoms with E-state index in [1.165, 1.54) is 19.2 Å². The first-order valence-electron chi connectivity index (χ1n) is 10.9. The van der Waals surface area contributed by atoms with Gasteiger partial charge in [-0.2, -0.15) is 10.1 Å². The molecule has 0 saturated carbocycles. The van der Waals surface area contributed by atoms with Crippen LogP contribution in [-0.4, -0.2) is 58.4 Å². The van der Waals surface area contributed by atoms with Crippen molar-refractivity contribution in [1.29, 1.82) is 0 Å². The van der Waals surface area contributed by atoms with Crippen LogP contribution in [0, 0.1) is 18.6 Å². The Labute approximate surface area is 194 Å². The second-order valence-corrected chi connectivity index (χ2v) is 8.23. The van der Waals surface area contributed by atoms with Crippen LogP contribution >= 0.6 is 0 Å². The first kappa shape index (κ1) is 22.0. The quantitative estimate of drug-likeness (QED) is 0.499. The lowest BCUT2D eigenvalue weighted by Gasteiger charge is -2.40. The number of halogens is 2. The molecule has 0 bridgehead atoms. The maximum absolute atomic E-state index is 14.0. The molecule has 10 nitrogen and oxygen atoms in total. The lowest BCUT2D eigenvalue weighted by atomic mass is 10.1. The van der Waals surface area contributed by atoms with Gasteiger partial charge in [-0.3, -0.25) is 9.48 Å². The van der Waals surface area contributed by atoms with E-state index in [0.717, 1.165) is 12.1 Å². The Hall–Kier alpha value is -3.80. The van der Waals surface area contributed by atoms with E-state index in [2.05, 4.69) is 31.0 Å². The first-order chi connectivity index (χ1) is 16.4. The average Bonchev–Trinajstić information content (AvgIpc) is 3.26. The highest BCUT2D eigenvalue weighted by Gasteiger charge is 2.37. The number of carbonyl (C=O) groups is 1. The smallest absolute Gasteiger partial charge is 0.248 e. The van der Waals surface area contributed by atoms with E-state index in [1.54, 1.807) is 17.1 Å². The van der Waals surface area contributed by atoms with Crippen molar-refractivity contribution in [2.45, 2.75) is 26.1 Å². The lowest BCUT2D eigenvalue weighted by molar-refractivity contribution is -0.117. The second kappa shape index (κ2) is 8.86. The lowest BCUT2D eigenvalue weighted by Crippen LogP contribution is -2.59. The van der Waals surface area contributed by atoms with Gasteiger partial charge < -0.3 is 25.6 Å². The van der Waals surface area contributed by atoms with E-state index in [0.29, 0.717) is 48.3 Å². The average molecular weight is 470 g/mol. The summed E-state index contributed by atoms with van der Waals surface area (Å²) in [5.74, 6) is -0.821. The topological polar surface area (TPSA) is 109 Å². The summed E-state index contributed by atoms with van der Waals surface area (Å²) >= 11 is 0. The van der Waals surface area contributed by atoms with Gasteiger partial charge in [0, 0.05) is 37.9 Å². The summed E-state index contributed by atoms with van der Waals surface area (Å²) in [6, 6.07) is 2.16. The number of amides is 1. The third kappa shape index (κ3) is 4.12. The number of aromatic nitrogens is 4. The van der Waals surface area contributed by atoms with Gasteiger partial charge >= 0.3 is 0 Å². The molecule has 4 heterocycles. The molecule has 0 aliphatic carbocycles. The summed E-state index contributed by atoms with van der Waals surface area (Å²) in [5.41, 5.74) is 2.60. The van der Waals surface area contributed by atoms with Gasteiger partial charge in [-0.15, -0.1) is 0 Å². The van der Waals surface area contributed by atoms with E-state index in [9.17, 15) is 13.6 Å². The van der Waals surface area contributed by atoms with Gasteiger partial charge in [-0.05, 0) is 24.6 Å². The van der Waals surface area contributed by atoms with Crippen molar-refractivity contribution in [3.63, 3.8) is 0 Å². The van der Waals surface area contributed by atoms with Crippen LogP contribution in [0.15, 0.2) is 24.5 Å². The molecular formula is C22H24F2N8O2. The Morgan fingerprint density at radius 3 is 2.79 bits per heavy atom. The molecule has 2 aliphatic heterocycles. The molecule has 1 saturated heterocycles. The van der Waals surface area contributed by atoms with Crippen LogP contribution in [0.1, 0.15) is 16.8 Å². The highest BCUT2D eigenvalue weighted by molar-refractivity contribution is 6.03. The van der Waals surface area contributed by atoms with Crippen molar-refractivity contribution in [2.24, 2.45) is 0 Å². The van der Waals surface area contributed by atoms with E-state index in [-0.39, 0.29) is 18.5 Å². The van der Waals surface area contributed by atoms with Gasteiger partial charge in [-0.25, -0.2) is 13.8 Å². The van der Waals surface area contributed by atoms with Gasteiger partial charge in [0.1, 0.15) is 11.7 Å². The number of hydrogen-bond donors (Lipinski definition) is 3. The summed E-state index contributed by atoms with van der Waals surface area (Å²) in [6.07, 6.45) is 3.45. The highest BCUT2D eigenvalue weighted by atomic mass is 19.1. The Morgan fingerprint density at radius 2 is 2.03 bits per heavy atom. The normalized spacial score (nSPS) is 17.1. The van der Waals surface area contributed by atoms with Crippen molar-refractivity contribution in [2.75, 3.05) is 42.3 Å². The largest absolute Gasteiger partial charge is 0.491 e. The zero-order valence-corrected chi connectivity index (χ0v) is 18.7. The van der Waals surface area contributed by atoms with Crippen LogP contribution in [0.2, 0.25) is 0 Å². The van der Waals surface area contributed by atoms with Crippen LogP contribution in [0.4, 0.5) is 26.2 Å². The fourth-order valence-corrected chi connectivity index (χ4v) is 4.24. The summed E-state index contributed by atoms with van der Waals surface area (Å²) < 4.78 is 34.2. The number of hydrogen-bond acceptors (Lipinski definition) is 8. The minimum atomic E-state index is -0.755. The molecule has 2 aliphatic rings. The number of methoxy groups -OCH3 is 1. The number of rotatable bonds is 6. The van der Waals surface area contributed by atoms with Crippen molar-refractivity contribution >= 4 is 23.4 Å². The van der Waals surface area contributed by atoms with E-state index in [4.69, 9.17) is 4.74 Å². The minimum Gasteiger partial charge on any atom is -0.491 e. The fraction of sp³-hybridized carbons (Fsp3) is 0.364. The SMILES string of the molecule is COc1c(F)cc(Cn2cc(CNc3nc(C)c4c(n3)N3CCNC[C@H]3C(=O)N4)cn2)cc1F. The Kier molecular flexibility index (Phi) is 5.74. The molecule has 3 aromatic rings. The molecule has 1 atom stereocenters. The number of nitrogens with zero attached hydrogens (tertiary/aromatic N) is 5. The molecule has 0 spiro atoms. The van der Waals surface area contributed by atoms with Crippen LogP contribution in [0.5, 0.6) is 5.75 Å². The molecule has 0 radical (unpaired) electrons. The third-order valence-electron chi connectivity index (χ3n) is 5.88. The molecule has 5 rings (SSSR count). The van der Waals surface area contributed by atoms with Crippen LogP contribution in [0.25, 0.3) is 0 Å². The number of carbonyl (C=O) groups excluding carboxylic acids is 1. The maximum Gasteiger partial charge on any atom is 0.248 e. The fourth-order valence-electron chi connectivity index (χ4n) is 4.24. The van der Waals surface area contributed by atoms with Crippen LogP contribution in [-0.2, 0) is 17.9 Å².